The molecule has 0 saturated carbocycles. The molecule has 0 fully saturated rings. The fourth-order valence-electron chi connectivity index (χ4n) is 2.58. The smallest absolute Gasteiger partial charge is 0.407 e. The first-order valence-corrected chi connectivity index (χ1v) is 14.4. The molecule has 1 atom stereocenters. The van der Waals surface area contributed by atoms with Gasteiger partial charge in [0.1, 0.15) is 20.7 Å². The Hall–Kier alpha value is -2.79. The topological polar surface area (TPSA) is 105 Å². The number of carbonyl (C=O) groups is 3. The molecule has 0 unspecified atom stereocenters. The Balaban J connectivity index is 2.25. The largest absolute Gasteiger partial charge is 0.480 e. The van der Waals surface area contributed by atoms with E-state index in [-0.39, 0.29) is 30.4 Å². The van der Waals surface area contributed by atoms with Crippen LogP contribution < -0.4 is 10.6 Å². The molecule has 0 aliphatic heterocycles. The van der Waals surface area contributed by atoms with Gasteiger partial charge in [0.2, 0.25) is 5.91 Å². The van der Waals surface area contributed by atoms with Crippen molar-refractivity contribution in [3.05, 3.63) is 35.9 Å². The molecule has 0 aromatic heterocycles. The van der Waals surface area contributed by atoms with E-state index in [9.17, 15) is 19.5 Å². The second-order valence-electron chi connectivity index (χ2n) is 9.64. The van der Waals surface area contributed by atoms with Crippen molar-refractivity contribution in [2.75, 3.05) is 6.54 Å². The van der Waals surface area contributed by atoms with Crippen molar-refractivity contribution in [3.63, 3.8) is 0 Å². The molecule has 0 saturated heterocycles. The van der Waals surface area contributed by atoms with Gasteiger partial charge in [-0.3, -0.25) is 4.79 Å². The van der Waals surface area contributed by atoms with Crippen molar-refractivity contribution >= 4 is 26.0 Å². The van der Waals surface area contributed by atoms with Crippen molar-refractivity contribution in [3.8, 4) is 11.5 Å². The summed E-state index contributed by atoms with van der Waals surface area (Å²) >= 11 is 0. The van der Waals surface area contributed by atoms with E-state index < -0.39 is 26.2 Å². The van der Waals surface area contributed by atoms with Crippen LogP contribution in [0.2, 0.25) is 18.1 Å². The third-order valence-electron chi connectivity index (χ3n) is 5.78. The highest BCUT2D eigenvalue weighted by Gasteiger charge is 2.33. The van der Waals surface area contributed by atoms with Crippen molar-refractivity contribution < 1.29 is 24.2 Å². The minimum absolute atomic E-state index is 0.0927. The van der Waals surface area contributed by atoms with E-state index in [1.807, 2.05) is 30.3 Å². The Labute approximate surface area is 198 Å². The molecule has 1 aromatic carbocycles. The number of rotatable bonds is 11. The van der Waals surface area contributed by atoms with Crippen LogP contribution >= 0.6 is 0 Å². The second-order valence-corrected chi connectivity index (χ2v) is 14.6. The van der Waals surface area contributed by atoms with Gasteiger partial charge in [-0.05, 0) is 23.4 Å². The standard InChI is InChI=1S/C25H38N2O5Si/c1-25(2,3)33(4,5)18-12-15-21(23(29)30)27-22(28)16-10-7-11-17-26-24(31)32-19-20-13-8-6-9-14-20/h6,8-9,13-14,21H,7,10-11,15-17,19H2,1-5H3,(H,26,31)(H,27,28)(H,29,30)/t21-/m0/s1. The molecule has 33 heavy (non-hydrogen) atoms. The van der Waals surface area contributed by atoms with E-state index in [0.29, 0.717) is 19.4 Å². The molecule has 3 N–H and O–H groups in total. The molecule has 7 nitrogen and oxygen atoms in total. The summed E-state index contributed by atoms with van der Waals surface area (Å²) in [7, 11) is -1.82. The van der Waals surface area contributed by atoms with Gasteiger partial charge in [0, 0.05) is 19.4 Å². The van der Waals surface area contributed by atoms with E-state index in [1.54, 1.807) is 0 Å². The summed E-state index contributed by atoms with van der Waals surface area (Å²) in [6, 6.07) is 8.43. The first-order chi connectivity index (χ1) is 15.4. The summed E-state index contributed by atoms with van der Waals surface area (Å²) in [5, 5.41) is 14.7. The number of alkyl carbamates (subject to hydrolysis) is 1. The number of carbonyl (C=O) groups excluding carboxylic acids is 2. The molecule has 1 rings (SSSR count). The van der Waals surface area contributed by atoms with Crippen LogP contribution in [0.1, 0.15) is 58.4 Å². The van der Waals surface area contributed by atoms with Gasteiger partial charge in [-0.1, -0.05) is 70.6 Å². The maximum Gasteiger partial charge on any atom is 0.407 e. The third kappa shape index (κ3) is 11.6. The fourth-order valence-corrected chi connectivity index (χ4v) is 3.50. The summed E-state index contributed by atoms with van der Waals surface area (Å²) in [5.74, 6) is 1.62. The number of amides is 2. The van der Waals surface area contributed by atoms with Gasteiger partial charge >= 0.3 is 12.1 Å². The maximum atomic E-state index is 12.1. The van der Waals surface area contributed by atoms with Crippen molar-refractivity contribution in [1.29, 1.82) is 0 Å². The van der Waals surface area contributed by atoms with E-state index in [4.69, 9.17) is 4.74 Å². The van der Waals surface area contributed by atoms with Crippen LogP contribution in [0.15, 0.2) is 30.3 Å². The predicted molar refractivity (Wildman–Crippen MR) is 132 cm³/mol. The van der Waals surface area contributed by atoms with Gasteiger partial charge in [0.25, 0.3) is 0 Å². The SMILES string of the molecule is CC(C)(C)[Si](C)(C)C#CC[C@H](NC(=O)CCCCCNC(=O)OCc1ccccc1)C(=O)O. The maximum absolute atomic E-state index is 12.1. The Kier molecular flexibility index (Phi) is 11.7. The molecule has 0 bridgehead atoms. The van der Waals surface area contributed by atoms with Gasteiger partial charge in [-0.2, -0.15) is 0 Å². The highest BCUT2D eigenvalue weighted by atomic mass is 28.3. The van der Waals surface area contributed by atoms with Crippen LogP contribution in [-0.4, -0.2) is 43.7 Å². The third-order valence-corrected chi connectivity index (χ3v) is 10.3. The van der Waals surface area contributed by atoms with Crippen LogP contribution in [0.5, 0.6) is 0 Å². The number of unbranched alkanes of at least 4 members (excludes halogenated alkanes) is 2. The monoisotopic (exact) mass is 474 g/mol. The molecular formula is C25H38N2O5Si. The number of hydrogen-bond donors (Lipinski definition) is 3. The lowest BCUT2D eigenvalue weighted by atomic mass is 10.1. The number of ether oxygens (including phenoxy) is 1. The van der Waals surface area contributed by atoms with Crippen LogP contribution in [0.3, 0.4) is 0 Å². The van der Waals surface area contributed by atoms with E-state index in [1.165, 1.54) is 0 Å². The fraction of sp³-hybridized carbons (Fsp3) is 0.560. The average molecular weight is 475 g/mol. The summed E-state index contributed by atoms with van der Waals surface area (Å²) in [6.45, 7) is 11.4. The molecule has 2 amide bonds. The Bertz CT molecular complexity index is 838. The van der Waals surface area contributed by atoms with Gasteiger partial charge < -0.3 is 20.5 Å². The molecule has 182 valence electrons. The Morgan fingerprint density at radius 1 is 1.09 bits per heavy atom. The molecule has 0 spiro atoms. The normalized spacial score (nSPS) is 12.2. The number of benzene rings is 1. The van der Waals surface area contributed by atoms with Crippen LogP contribution in [0.25, 0.3) is 0 Å². The minimum atomic E-state index is -1.82. The molecule has 0 aliphatic rings. The molecule has 0 aliphatic carbocycles. The average Bonchev–Trinajstić information content (AvgIpc) is 2.73. The van der Waals surface area contributed by atoms with Gasteiger partial charge in [0.15, 0.2) is 0 Å². The number of carboxylic acid groups (broad SMARTS) is 1. The summed E-state index contributed by atoms with van der Waals surface area (Å²) in [6.07, 6.45) is 1.90. The number of aliphatic carboxylic acids is 1. The zero-order valence-electron chi connectivity index (χ0n) is 20.5. The Morgan fingerprint density at radius 2 is 1.76 bits per heavy atom. The van der Waals surface area contributed by atoms with E-state index in [2.05, 4.69) is 56.0 Å². The number of carboxylic acids is 1. The van der Waals surface area contributed by atoms with Crippen LogP contribution in [-0.2, 0) is 20.9 Å². The molecular weight excluding hydrogens is 436 g/mol. The van der Waals surface area contributed by atoms with Crippen molar-refractivity contribution in [2.24, 2.45) is 0 Å². The number of hydrogen-bond acceptors (Lipinski definition) is 4. The lowest BCUT2D eigenvalue weighted by molar-refractivity contribution is -0.141. The summed E-state index contributed by atoms with van der Waals surface area (Å²) < 4.78 is 5.13. The zero-order valence-corrected chi connectivity index (χ0v) is 21.5. The summed E-state index contributed by atoms with van der Waals surface area (Å²) in [5.41, 5.74) is 4.20. The van der Waals surface area contributed by atoms with Gasteiger partial charge in [0.05, 0.1) is 0 Å². The number of nitrogens with one attached hydrogen (secondary N) is 2. The highest BCUT2D eigenvalue weighted by Crippen LogP contribution is 2.35. The van der Waals surface area contributed by atoms with E-state index in [0.717, 1.165) is 12.0 Å². The quantitative estimate of drug-likeness (QED) is 0.249. The van der Waals surface area contributed by atoms with Crippen LogP contribution in [0, 0.1) is 11.5 Å². The molecule has 8 heteroatoms. The lowest BCUT2D eigenvalue weighted by Gasteiger charge is -2.31. The first-order valence-electron chi connectivity index (χ1n) is 11.4. The van der Waals surface area contributed by atoms with E-state index >= 15 is 0 Å². The molecule has 1 aromatic rings. The Morgan fingerprint density at radius 3 is 2.36 bits per heavy atom. The van der Waals surface area contributed by atoms with Gasteiger partial charge in [-0.15, -0.1) is 11.5 Å². The van der Waals surface area contributed by atoms with Crippen LogP contribution in [0.4, 0.5) is 4.79 Å². The lowest BCUT2D eigenvalue weighted by Crippen LogP contribution is -2.40. The van der Waals surface area contributed by atoms with Crippen molar-refractivity contribution in [1.82, 2.24) is 10.6 Å². The minimum Gasteiger partial charge on any atom is -0.480 e. The molecule has 0 heterocycles. The summed E-state index contributed by atoms with van der Waals surface area (Å²) in [4.78, 5) is 35.3. The van der Waals surface area contributed by atoms with Crippen molar-refractivity contribution in [2.45, 2.75) is 83.7 Å². The molecule has 0 radical (unpaired) electrons. The highest BCUT2D eigenvalue weighted by molar-refractivity contribution is 6.87. The second kappa shape index (κ2) is 13.7. The predicted octanol–water partition coefficient (Wildman–Crippen LogP) is 4.48. The first kappa shape index (κ1) is 28.2. The zero-order chi connectivity index (χ0) is 24.9. The van der Waals surface area contributed by atoms with Gasteiger partial charge in [-0.25, -0.2) is 9.59 Å².